The molecule has 12 heavy (non-hydrogen) atoms. The predicted octanol–water partition coefficient (Wildman–Crippen LogP) is 2.49. The molecular formula is C10H18N2. The lowest BCUT2D eigenvalue weighted by atomic mass is 10.1. The van der Waals surface area contributed by atoms with Gasteiger partial charge in [-0.3, -0.25) is 4.68 Å². The third-order valence-corrected chi connectivity index (χ3v) is 1.77. The van der Waals surface area contributed by atoms with Crippen LogP contribution < -0.4 is 0 Å². The average molecular weight is 166 g/mol. The lowest BCUT2D eigenvalue weighted by Gasteiger charge is -2.00. The van der Waals surface area contributed by atoms with Gasteiger partial charge in [-0.1, -0.05) is 20.8 Å². The van der Waals surface area contributed by atoms with Crippen LogP contribution in [-0.4, -0.2) is 9.78 Å². The van der Waals surface area contributed by atoms with Gasteiger partial charge in [0.05, 0.1) is 5.69 Å². The minimum absolute atomic E-state index is 0.704. The summed E-state index contributed by atoms with van der Waals surface area (Å²) in [6.45, 7) is 7.65. The van der Waals surface area contributed by atoms with Crippen molar-refractivity contribution in [2.45, 2.75) is 40.2 Å². The maximum absolute atomic E-state index is 4.46. The Bertz CT molecular complexity index is 225. The second-order valence-corrected chi connectivity index (χ2v) is 3.67. The highest BCUT2D eigenvalue weighted by atomic mass is 15.3. The molecule has 0 fully saturated rings. The summed E-state index contributed by atoms with van der Waals surface area (Å²) in [7, 11) is 0. The van der Waals surface area contributed by atoms with Crippen LogP contribution in [0, 0.1) is 5.92 Å². The summed E-state index contributed by atoms with van der Waals surface area (Å²) in [5, 5.41) is 4.46. The van der Waals surface area contributed by atoms with Gasteiger partial charge in [0.1, 0.15) is 0 Å². The molecule has 68 valence electrons. The molecule has 0 aliphatic heterocycles. The molecule has 0 atom stereocenters. The van der Waals surface area contributed by atoms with Gasteiger partial charge in [0.2, 0.25) is 0 Å². The lowest BCUT2D eigenvalue weighted by Crippen LogP contribution is -2.00. The summed E-state index contributed by atoms with van der Waals surface area (Å²) in [5.74, 6) is 0.704. The molecule has 0 bridgehead atoms. The summed E-state index contributed by atoms with van der Waals surface area (Å²) < 4.78 is 2.03. The summed E-state index contributed by atoms with van der Waals surface area (Å²) >= 11 is 0. The molecule has 0 radical (unpaired) electrons. The van der Waals surface area contributed by atoms with Crippen LogP contribution in [0.4, 0.5) is 0 Å². The fraction of sp³-hybridized carbons (Fsp3) is 0.700. The molecule has 1 heterocycles. The van der Waals surface area contributed by atoms with Crippen molar-refractivity contribution in [1.82, 2.24) is 9.78 Å². The van der Waals surface area contributed by atoms with E-state index in [1.165, 1.54) is 5.69 Å². The lowest BCUT2D eigenvalue weighted by molar-refractivity contribution is 0.573. The Balaban J connectivity index is 2.52. The van der Waals surface area contributed by atoms with E-state index in [4.69, 9.17) is 0 Å². The van der Waals surface area contributed by atoms with Crippen LogP contribution in [0.1, 0.15) is 32.9 Å². The van der Waals surface area contributed by atoms with E-state index in [1.807, 2.05) is 4.68 Å². The first kappa shape index (κ1) is 9.30. The molecule has 1 aromatic heterocycles. The van der Waals surface area contributed by atoms with E-state index in [2.05, 4.69) is 38.1 Å². The standard InChI is InChI=1S/C10H18N2/c1-4-6-12-7-5-10(11-12)8-9(2)3/h5,7,9H,4,6,8H2,1-3H3. The minimum atomic E-state index is 0.704. The third-order valence-electron chi connectivity index (χ3n) is 1.77. The molecule has 0 spiro atoms. The SMILES string of the molecule is CCCn1ccc(CC(C)C)n1. The monoisotopic (exact) mass is 166 g/mol. The molecule has 0 unspecified atom stereocenters. The maximum atomic E-state index is 4.46. The molecule has 0 N–H and O–H groups in total. The first-order valence-corrected chi connectivity index (χ1v) is 4.74. The fourth-order valence-corrected chi connectivity index (χ4v) is 1.28. The van der Waals surface area contributed by atoms with Crippen molar-refractivity contribution in [2.24, 2.45) is 5.92 Å². The first-order valence-electron chi connectivity index (χ1n) is 4.74. The van der Waals surface area contributed by atoms with Crippen LogP contribution in [0.15, 0.2) is 12.3 Å². The van der Waals surface area contributed by atoms with Gasteiger partial charge in [-0.2, -0.15) is 5.10 Å². The Morgan fingerprint density at radius 3 is 2.83 bits per heavy atom. The summed E-state index contributed by atoms with van der Waals surface area (Å²) in [5.41, 5.74) is 1.22. The van der Waals surface area contributed by atoms with Gasteiger partial charge >= 0.3 is 0 Å². The molecule has 0 aliphatic rings. The van der Waals surface area contributed by atoms with Crippen LogP contribution >= 0.6 is 0 Å². The molecule has 0 aromatic carbocycles. The average Bonchev–Trinajstić information content (AvgIpc) is 2.36. The normalized spacial score (nSPS) is 11.0. The van der Waals surface area contributed by atoms with Crippen LogP contribution in [0.25, 0.3) is 0 Å². The van der Waals surface area contributed by atoms with Crippen molar-refractivity contribution in [2.75, 3.05) is 0 Å². The summed E-state index contributed by atoms with van der Waals surface area (Å²) in [6.07, 6.45) is 4.32. The molecule has 0 saturated heterocycles. The van der Waals surface area contributed by atoms with Crippen LogP contribution in [0.5, 0.6) is 0 Å². The van der Waals surface area contributed by atoms with Crippen molar-refractivity contribution >= 4 is 0 Å². The van der Waals surface area contributed by atoms with Gasteiger partial charge in [0, 0.05) is 12.7 Å². The largest absolute Gasteiger partial charge is 0.273 e. The molecule has 2 nitrogen and oxygen atoms in total. The van der Waals surface area contributed by atoms with Crippen LogP contribution in [0.2, 0.25) is 0 Å². The number of aryl methyl sites for hydroxylation is 1. The Morgan fingerprint density at radius 1 is 1.50 bits per heavy atom. The van der Waals surface area contributed by atoms with Crippen molar-refractivity contribution in [3.05, 3.63) is 18.0 Å². The van der Waals surface area contributed by atoms with Crippen LogP contribution in [0.3, 0.4) is 0 Å². The quantitative estimate of drug-likeness (QED) is 0.672. The Hall–Kier alpha value is -0.790. The van der Waals surface area contributed by atoms with E-state index in [0.717, 1.165) is 19.4 Å². The van der Waals surface area contributed by atoms with Gasteiger partial charge in [-0.05, 0) is 24.8 Å². The maximum Gasteiger partial charge on any atom is 0.0627 e. The number of hydrogen-bond donors (Lipinski definition) is 0. The van der Waals surface area contributed by atoms with Crippen molar-refractivity contribution < 1.29 is 0 Å². The summed E-state index contributed by atoms with van der Waals surface area (Å²) in [6, 6.07) is 2.12. The van der Waals surface area contributed by atoms with Crippen molar-refractivity contribution in [1.29, 1.82) is 0 Å². The Morgan fingerprint density at radius 2 is 2.25 bits per heavy atom. The number of aromatic nitrogens is 2. The zero-order chi connectivity index (χ0) is 8.97. The molecule has 1 rings (SSSR count). The first-order chi connectivity index (χ1) is 5.72. The highest BCUT2D eigenvalue weighted by Gasteiger charge is 2.00. The second kappa shape index (κ2) is 4.29. The van der Waals surface area contributed by atoms with E-state index in [-0.39, 0.29) is 0 Å². The highest BCUT2D eigenvalue weighted by Crippen LogP contribution is 2.04. The number of rotatable bonds is 4. The van der Waals surface area contributed by atoms with E-state index in [9.17, 15) is 0 Å². The number of nitrogens with zero attached hydrogens (tertiary/aromatic N) is 2. The molecule has 0 saturated carbocycles. The Kier molecular flexibility index (Phi) is 3.32. The molecule has 2 heteroatoms. The van der Waals surface area contributed by atoms with Gasteiger partial charge in [0.25, 0.3) is 0 Å². The zero-order valence-electron chi connectivity index (χ0n) is 8.25. The van der Waals surface area contributed by atoms with Gasteiger partial charge in [0.15, 0.2) is 0 Å². The Labute approximate surface area is 74.6 Å². The van der Waals surface area contributed by atoms with E-state index in [1.54, 1.807) is 0 Å². The predicted molar refractivity (Wildman–Crippen MR) is 51.1 cm³/mol. The van der Waals surface area contributed by atoms with Gasteiger partial charge in [-0.25, -0.2) is 0 Å². The smallest absolute Gasteiger partial charge is 0.0627 e. The second-order valence-electron chi connectivity index (χ2n) is 3.67. The van der Waals surface area contributed by atoms with E-state index in [0.29, 0.717) is 5.92 Å². The van der Waals surface area contributed by atoms with Crippen molar-refractivity contribution in [3.8, 4) is 0 Å². The van der Waals surface area contributed by atoms with E-state index >= 15 is 0 Å². The molecule has 0 aliphatic carbocycles. The molecular weight excluding hydrogens is 148 g/mol. The minimum Gasteiger partial charge on any atom is -0.273 e. The fourth-order valence-electron chi connectivity index (χ4n) is 1.28. The number of hydrogen-bond acceptors (Lipinski definition) is 1. The molecule has 1 aromatic rings. The van der Waals surface area contributed by atoms with Crippen LogP contribution in [-0.2, 0) is 13.0 Å². The zero-order valence-corrected chi connectivity index (χ0v) is 8.25. The van der Waals surface area contributed by atoms with Gasteiger partial charge in [-0.15, -0.1) is 0 Å². The van der Waals surface area contributed by atoms with E-state index < -0.39 is 0 Å². The molecule has 0 amide bonds. The third kappa shape index (κ3) is 2.68. The highest BCUT2D eigenvalue weighted by molar-refractivity contribution is 4.99. The van der Waals surface area contributed by atoms with Gasteiger partial charge < -0.3 is 0 Å². The van der Waals surface area contributed by atoms with Crippen molar-refractivity contribution in [3.63, 3.8) is 0 Å². The summed E-state index contributed by atoms with van der Waals surface area (Å²) in [4.78, 5) is 0. The topological polar surface area (TPSA) is 17.8 Å².